The molecule has 1 saturated carbocycles. The number of aromatic nitrogens is 2. The fourth-order valence-corrected chi connectivity index (χ4v) is 5.63. The highest BCUT2D eigenvalue weighted by Crippen LogP contribution is 2.32. The van der Waals surface area contributed by atoms with Crippen LogP contribution in [0.2, 0.25) is 5.02 Å². The molecular weight excluding hydrogens is 556 g/mol. The minimum atomic E-state index is -0.440. The van der Waals surface area contributed by atoms with E-state index in [0.29, 0.717) is 62.1 Å². The van der Waals surface area contributed by atoms with Crippen LogP contribution in [-0.2, 0) is 19.0 Å². The van der Waals surface area contributed by atoms with Crippen LogP contribution in [0.4, 0.5) is 11.6 Å². The van der Waals surface area contributed by atoms with Crippen LogP contribution < -0.4 is 16.0 Å². The fourth-order valence-electron chi connectivity index (χ4n) is 5.43. The van der Waals surface area contributed by atoms with Crippen molar-refractivity contribution in [2.45, 2.75) is 83.5 Å². The number of nitriles is 1. The number of esters is 1. The van der Waals surface area contributed by atoms with Crippen molar-refractivity contribution < 1.29 is 19.0 Å². The molecule has 1 saturated heterocycles. The molecule has 4 rings (SSSR count). The maximum atomic E-state index is 11.6. The first-order valence-corrected chi connectivity index (χ1v) is 15.3. The van der Waals surface area contributed by atoms with Crippen LogP contribution in [0, 0.1) is 16.7 Å². The summed E-state index contributed by atoms with van der Waals surface area (Å²) in [4.78, 5) is 21.0. The molecule has 1 aliphatic carbocycles. The van der Waals surface area contributed by atoms with Crippen molar-refractivity contribution in [1.82, 2.24) is 15.3 Å². The quantitative estimate of drug-likeness (QED) is 0.264. The number of ether oxygens (including phenoxy) is 3. The number of halogens is 1. The highest BCUT2D eigenvalue weighted by Gasteiger charge is 2.32. The van der Waals surface area contributed by atoms with Crippen molar-refractivity contribution >= 4 is 29.2 Å². The molecule has 11 heteroatoms. The summed E-state index contributed by atoms with van der Waals surface area (Å²) >= 11 is 6.56. The Balaban J connectivity index is 1.26. The molecule has 2 aliphatic rings. The molecule has 0 bridgehead atoms. The summed E-state index contributed by atoms with van der Waals surface area (Å²) in [6.45, 7) is 7.90. The number of hydrogen-bond acceptors (Lipinski definition) is 10. The fraction of sp³-hybridized carbons (Fsp3) is 0.613. The largest absolute Gasteiger partial charge is 0.461 e. The van der Waals surface area contributed by atoms with Gasteiger partial charge in [-0.1, -0.05) is 17.7 Å². The van der Waals surface area contributed by atoms with Crippen LogP contribution >= 0.6 is 11.6 Å². The number of pyridine rings is 2. The third-order valence-corrected chi connectivity index (χ3v) is 8.03. The summed E-state index contributed by atoms with van der Waals surface area (Å²) in [5, 5.41) is 20.9. The first-order valence-electron chi connectivity index (χ1n) is 14.9. The molecule has 2 fully saturated rings. The lowest BCUT2D eigenvalue weighted by molar-refractivity contribution is -0.152. The Morgan fingerprint density at radius 3 is 2.62 bits per heavy atom. The second-order valence-electron chi connectivity index (χ2n) is 11.6. The van der Waals surface area contributed by atoms with Gasteiger partial charge in [0.15, 0.2) is 0 Å². The summed E-state index contributed by atoms with van der Waals surface area (Å²) in [5.41, 5.74) is 1.11. The molecule has 3 heterocycles. The van der Waals surface area contributed by atoms with Gasteiger partial charge in [-0.3, -0.25) is 0 Å². The number of rotatable bonds is 13. The van der Waals surface area contributed by atoms with E-state index < -0.39 is 5.41 Å². The molecule has 0 spiro atoms. The van der Waals surface area contributed by atoms with Gasteiger partial charge in [0.25, 0.3) is 0 Å². The predicted molar refractivity (Wildman–Crippen MR) is 163 cm³/mol. The number of hydrogen-bond donors (Lipinski definition) is 3. The van der Waals surface area contributed by atoms with E-state index in [-0.39, 0.29) is 24.7 Å². The van der Waals surface area contributed by atoms with Gasteiger partial charge in [-0.15, -0.1) is 0 Å². The summed E-state index contributed by atoms with van der Waals surface area (Å²) in [6, 6.07) is 11.1. The lowest BCUT2D eigenvalue weighted by Crippen LogP contribution is -2.43. The highest BCUT2D eigenvalue weighted by atomic mass is 35.5. The van der Waals surface area contributed by atoms with Crippen LogP contribution in [0.3, 0.4) is 0 Å². The molecule has 0 radical (unpaired) electrons. The Hall–Kier alpha value is -2.97. The second kappa shape index (κ2) is 15.5. The van der Waals surface area contributed by atoms with Crippen LogP contribution in [0.25, 0.3) is 11.3 Å². The minimum absolute atomic E-state index is 0.0228. The minimum Gasteiger partial charge on any atom is -0.461 e. The van der Waals surface area contributed by atoms with Crippen LogP contribution in [0.5, 0.6) is 0 Å². The SMILES string of the molecule is CC(COCC(=O)OC(C)C)NC1CCC(Nc2cc(-c3cccc(NCC4(C#N)CCOCC4)n3)c(Cl)cn2)CC1. The van der Waals surface area contributed by atoms with E-state index in [2.05, 4.69) is 33.9 Å². The van der Waals surface area contributed by atoms with Gasteiger partial charge in [-0.25, -0.2) is 14.8 Å². The van der Waals surface area contributed by atoms with Crippen molar-refractivity contribution in [3.05, 3.63) is 35.5 Å². The van der Waals surface area contributed by atoms with Gasteiger partial charge >= 0.3 is 5.97 Å². The zero-order valence-corrected chi connectivity index (χ0v) is 25.6. The smallest absolute Gasteiger partial charge is 0.332 e. The third kappa shape index (κ3) is 9.53. The lowest BCUT2D eigenvalue weighted by Gasteiger charge is -2.32. The number of nitrogens with one attached hydrogen (secondary N) is 3. The lowest BCUT2D eigenvalue weighted by atomic mass is 9.82. The van der Waals surface area contributed by atoms with Crippen molar-refractivity contribution in [3.63, 3.8) is 0 Å². The Bertz CT molecular complexity index is 1210. The Morgan fingerprint density at radius 1 is 1.17 bits per heavy atom. The Labute approximate surface area is 253 Å². The van der Waals surface area contributed by atoms with Crippen LogP contribution in [0.1, 0.15) is 59.3 Å². The molecule has 10 nitrogen and oxygen atoms in total. The van der Waals surface area contributed by atoms with E-state index in [1.165, 1.54) is 0 Å². The zero-order chi connectivity index (χ0) is 30.0. The molecule has 0 amide bonds. The molecule has 1 aliphatic heterocycles. The summed E-state index contributed by atoms with van der Waals surface area (Å²) < 4.78 is 16.1. The van der Waals surface area contributed by atoms with E-state index >= 15 is 0 Å². The number of carbonyl (C=O) groups is 1. The second-order valence-corrected chi connectivity index (χ2v) is 12.0. The molecule has 0 aromatic carbocycles. The van der Waals surface area contributed by atoms with E-state index in [1.54, 1.807) is 6.20 Å². The van der Waals surface area contributed by atoms with E-state index in [1.807, 2.05) is 38.1 Å². The maximum Gasteiger partial charge on any atom is 0.332 e. The molecule has 42 heavy (non-hydrogen) atoms. The summed E-state index contributed by atoms with van der Waals surface area (Å²) in [7, 11) is 0. The normalized spacial score (nSPS) is 20.9. The Kier molecular flexibility index (Phi) is 11.8. The van der Waals surface area contributed by atoms with Gasteiger partial charge in [0.1, 0.15) is 18.2 Å². The van der Waals surface area contributed by atoms with Gasteiger partial charge in [0.2, 0.25) is 0 Å². The van der Waals surface area contributed by atoms with Crippen LogP contribution in [0.15, 0.2) is 30.5 Å². The summed E-state index contributed by atoms with van der Waals surface area (Å²) in [6.07, 6.45) is 7.04. The first kappa shape index (κ1) is 32.0. The van der Waals surface area contributed by atoms with Crippen molar-refractivity contribution in [2.75, 3.05) is 43.6 Å². The standard InChI is InChI=1S/C31H43ClN6O4/c1-21(2)42-30(39)18-41-17-22(3)36-23-7-9-24(10-8-23)37-29-15-25(26(32)16-34-29)27-5-4-6-28(38-27)35-20-31(19-33)11-13-40-14-12-31/h4-6,15-16,21-24,36H,7-14,17-18,20H2,1-3H3,(H,34,37)(H,35,38). The number of nitrogens with zero attached hydrogens (tertiary/aromatic N) is 3. The van der Waals surface area contributed by atoms with Crippen molar-refractivity contribution in [1.29, 1.82) is 5.26 Å². The third-order valence-electron chi connectivity index (χ3n) is 7.73. The molecule has 1 atom stereocenters. The number of anilines is 2. The van der Waals surface area contributed by atoms with Crippen LogP contribution in [-0.4, -0.2) is 73.1 Å². The maximum absolute atomic E-state index is 11.6. The topological polar surface area (TPSA) is 130 Å². The highest BCUT2D eigenvalue weighted by molar-refractivity contribution is 6.33. The van der Waals surface area contributed by atoms with E-state index in [0.717, 1.165) is 42.8 Å². The van der Waals surface area contributed by atoms with Gasteiger partial charge in [0, 0.05) is 49.6 Å². The van der Waals surface area contributed by atoms with Gasteiger partial charge in [-0.2, -0.15) is 5.26 Å². The molecular formula is C31H43ClN6O4. The zero-order valence-electron chi connectivity index (χ0n) is 24.8. The molecule has 2 aromatic rings. The average Bonchev–Trinajstić information content (AvgIpc) is 2.98. The Morgan fingerprint density at radius 2 is 1.90 bits per heavy atom. The molecule has 228 valence electrons. The molecule has 1 unspecified atom stereocenters. The summed E-state index contributed by atoms with van der Waals surface area (Å²) in [5.74, 6) is 1.14. The molecule has 2 aromatic heterocycles. The van der Waals surface area contributed by atoms with E-state index in [4.69, 9.17) is 30.8 Å². The first-order chi connectivity index (χ1) is 20.2. The van der Waals surface area contributed by atoms with Gasteiger partial charge in [0.05, 0.1) is 34.9 Å². The van der Waals surface area contributed by atoms with Gasteiger partial charge in [-0.05, 0) is 77.5 Å². The number of carbonyl (C=O) groups excluding carboxylic acids is 1. The molecule has 3 N–H and O–H groups in total. The predicted octanol–water partition coefficient (Wildman–Crippen LogP) is 5.20. The van der Waals surface area contributed by atoms with Crippen molar-refractivity contribution in [3.8, 4) is 17.3 Å². The monoisotopic (exact) mass is 598 g/mol. The van der Waals surface area contributed by atoms with Crippen molar-refractivity contribution in [2.24, 2.45) is 5.41 Å². The van der Waals surface area contributed by atoms with E-state index in [9.17, 15) is 10.1 Å². The average molecular weight is 599 g/mol. The van der Waals surface area contributed by atoms with Gasteiger partial charge < -0.3 is 30.2 Å².